The maximum atomic E-state index is 13.2. The van der Waals surface area contributed by atoms with Crippen molar-refractivity contribution in [2.45, 2.75) is 20.3 Å². The van der Waals surface area contributed by atoms with E-state index in [4.69, 9.17) is 11.6 Å². The van der Waals surface area contributed by atoms with Crippen LogP contribution in [0.3, 0.4) is 0 Å². The summed E-state index contributed by atoms with van der Waals surface area (Å²) in [6, 6.07) is 16.3. The first-order valence-electron chi connectivity index (χ1n) is 12.3. The number of amides is 2. The predicted octanol–water partition coefficient (Wildman–Crippen LogP) is 3.56. The van der Waals surface area contributed by atoms with Crippen molar-refractivity contribution < 1.29 is 9.59 Å². The van der Waals surface area contributed by atoms with E-state index in [-0.39, 0.29) is 36.3 Å². The third kappa shape index (κ3) is 4.57. The second kappa shape index (κ2) is 9.52. The van der Waals surface area contributed by atoms with Gasteiger partial charge in [-0.05, 0) is 55.8 Å². The summed E-state index contributed by atoms with van der Waals surface area (Å²) in [7, 11) is 0. The number of halogens is 1. The molecule has 2 N–H and O–H groups in total. The first-order chi connectivity index (χ1) is 18.8. The molecule has 3 aromatic heterocycles. The van der Waals surface area contributed by atoms with Crippen LogP contribution < -0.4 is 15.8 Å². The molecule has 2 aromatic carbocycles. The normalized spacial score (nSPS) is 15.3. The largest absolute Gasteiger partial charge is 0.312 e. The summed E-state index contributed by atoms with van der Waals surface area (Å²) in [6.07, 6.45) is 1.53. The average molecular weight is 543 g/mol. The quantitative estimate of drug-likeness (QED) is 0.349. The number of H-pyrrole nitrogens is 1. The SMILES string of the molecule is Cc1cccc(-n2ncc3c(=O)[nH]c(-n4nc(C)cc4NC(=O)C4CC(=O)N(c5ccc(Cl)cc5)C4)nc32)c1. The zero-order chi connectivity index (χ0) is 27.3. The molecule has 1 aliphatic heterocycles. The predicted molar refractivity (Wildman–Crippen MR) is 147 cm³/mol. The number of nitrogens with zero attached hydrogens (tertiary/aromatic N) is 6. The smallest absolute Gasteiger partial charge is 0.263 e. The Morgan fingerprint density at radius 3 is 2.62 bits per heavy atom. The molecule has 2 amide bonds. The van der Waals surface area contributed by atoms with Crippen molar-refractivity contribution in [3.05, 3.63) is 87.4 Å². The molecule has 39 heavy (non-hydrogen) atoms. The van der Waals surface area contributed by atoms with Gasteiger partial charge in [-0.2, -0.15) is 19.9 Å². The first kappa shape index (κ1) is 24.6. The van der Waals surface area contributed by atoms with Gasteiger partial charge in [-0.3, -0.25) is 19.4 Å². The van der Waals surface area contributed by atoms with Gasteiger partial charge in [0.05, 0.1) is 23.5 Å². The number of aromatic amines is 1. The number of fused-ring (bicyclic) bond motifs is 1. The van der Waals surface area contributed by atoms with Crippen LogP contribution in [0.5, 0.6) is 0 Å². The fourth-order valence-corrected chi connectivity index (χ4v) is 4.81. The van der Waals surface area contributed by atoms with Gasteiger partial charge in [-0.15, -0.1) is 0 Å². The molecule has 5 aromatic rings. The minimum atomic E-state index is -0.575. The van der Waals surface area contributed by atoms with Gasteiger partial charge in [0.1, 0.15) is 11.2 Å². The van der Waals surface area contributed by atoms with E-state index in [1.54, 1.807) is 46.8 Å². The van der Waals surface area contributed by atoms with E-state index in [9.17, 15) is 14.4 Å². The van der Waals surface area contributed by atoms with Crippen molar-refractivity contribution in [1.29, 1.82) is 0 Å². The van der Waals surface area contributed by atoms with Crippen LogP contribution in [0, 0.1) is 19.8 Å². The molecule has 1 atom stereocenters. The lowest BCUT2D eigenvalue weighted by Gasteiger charge is -2.17. The molecular weight excluding hydrogens is 520 g/mol. The molecule has 12 heteroatoms. The third-order valence-electron chi connectivity index (χ3n) is 6.59. The summed E-state index contributed by atoms with van der Waals surface area (Å²) in [6.45, 7) is 3.96. The van der Waals surface area contributed by atoms with E-state index in [1.165, 1.54) is 10.9 Å². The maximum absolute atomic E-state index is 13.2. The van der Waals surface area contributed by atoms with E-state index in [0.29, 0.717) is 33.3 Å². The van der Waals surface area contributed by atoms with Crippen LogP contribution in [-0.2, 0) is 9.59 Å². The summed E-state index contributed by atoms with van der Waals surface area (Å²) in [4.78, 5) is 47.8. The maximum Gasteiger partial charge on any atom is 0.263 e. The molecule has 1 unspecified atom stereocenters. The Morgan fingerprint density at radius 2 is 1.85 bits per heavy atom. The molecule has 1 aliphatic rings. The summed E-state index contributed by atoms with van der Waals surface area (Å²) in [5.41, 5.74) is 3.04. The van der Waals surface area contributed by atoms with Crippen molar-refractivity contribution >= 4 is 46.0 Å². The Kier molecular flexibility index (Phi) is 5.99. The topological polar surface area (TPSA) is 131 Å². The van der Waals surface area contributed by atoms with Crippen LogP contribution in [0.4, 0.5) is 11.5 Å². The molecule has 0 saturated carbocycles. The first-order valence-corrected chi connectivity index (χ1v) is 12.6. The number of carbonyl (C=O) groups is 2. The number of rotatable bonds is 5. The molecule has 1 saturated heterocycles. The van der Waals surface area contributed by atoms with Gasteiger partial charge in [0.2, 0.25) is 17.8 Å². The van der Waals surface area contributed by atoms with Crippen LogP contribution in [0.2, 0.25) is 5.02 Å². The van der Waals surface area contributed by atoms with Crippen LogP contribution in [0.1, 0.15) is 17.7 Å². The van der Waals surface area contributed by atoms with Crippen molar-refractivity contribution in [3.63, 3.8) is 0 Å². The van der Waals surface area contributed by atoms with Gasteiger partial charge in [-0.25, -0.2) is 4.68 Å². The molecule has 0 bridgehead atoms. The molecule has 11 nitrogen and oxygen atoms in total. The zero-order valence-corrected chi connectivity index (χ0v) is 21.8. The highest BCUT2D eigenvalue weighted by Gasteiger charge is 2.35. The monoisotopic (exact) mass is 542 g/mol. The lowest BCUT2D eigenvalue weighted by atomic mass is 10.1. The Hall–Kier alpha value is -4.77. The minimum Gasteiger partial charge on any atom is -0.312 e. The molecule has 0 aliphatic carbocycles. The lowest BCUT2D eigenvalue weighted by Crippen LogP contribution is -2.28. The fraction of sp³-hybridized carbons (Fsp3) is 0.185. The van der Waals surface area contributed by atoms with Crippen LogP contribution in [0.25, 0.3) is 22.7 Å². The second-order valence-corrected chi connectivity index (χ2v) is 9.91. The number of carbonyl (C=O) groups excluding carboxylic acids is 2. The summed E-state index contributed by atoms with van der Waals surface area (Å²) in [5, 5.41) is 12.6. The van der Waals surface area contributed by atoms with Crippen molar-refractivity contribution in [2.24, 2.45) is 5.92 Å². The van der Waals surface area contributed by atoms with Gasteiger partial charge in [0.25, 0.3) is 5.56 Å². The highest BCUT2D eigenvalue weighted by molar-refractivity contribution is 6.30. The summed E-state index contributed by atoms with van der Waals surface area (Å²) >= 11 is 5.97. The number of anilines is 2. The van der Waals surface area contributed by atoms with Crippen LogP contribution in [0.15, 0.2) is 65.6 Å². The Balaban J connectivity index is 1.30. The molecule has 0 spiro atoms. The second-order valence-electron chi connectivity index (χ2n) is 9.48. The molecular formula is C27H23ClN8O3. The van der Waals surface area contributed by atoms with E-state index in [1.807, 2.05) is 31.2 Å². The molecule has 0 radical (unpaired) electrons. The van der Waals surface area contributed by atoms with E-state index >= 15 is 0 Å². The summed E-state index contributed by atoms with van der Waals surface area (Å²) in [5.74, 6) is -0.624. The number of nitrogens with one attached hydrogen (secondary N) is 2. The number of hydrogen-bond acceptors (Lipinski definition) is 6. The number of hydrogen-bond donors (Lipinski definition) is 2. The molecule has 196 valence electrons. The number of aryl methyl sites for hydroxylation is 2. The minimum absolute atomic E-state index is 0.0678. The van der Waals surface area contributed by atoms with Crippen molar-refractivity contribution in [3.8, 4) is 11.6 Å². The summed E-state index contributed by atoms with van der Waals surface area (Å²) < 4.78 is 2.96. The van der Waals surface area contributed by atoms with Gasteiger partial charge in [0, 0.05) is 29.7 Å². The van der Waals surface area contributed by atoms with Gasteiger partial charge in [0.15, 0.2) is 5.65 Å². The van der Waals surface area contributed by atoms with E-state index < -0.39 is 5.92 Å². The number of benzene rings is 2. The van der Waals surface area contributed by atoms with Gasteiger partial charge in [-0.1, -0.05) is 23.7 Å². The Labute approximate surface area is 227 Å². The standard InChI is InChI=1S/C27H23ClN8O3/c1-15-4-3-5-20(10-15)35-24-21(13-29-35)26(39)32-27(31-24)36-22(11-16(2)33-36)30-25(38)17-12-23(37)34(14-17)19-8-6-18(28)7-9-19/h3-11,13,17H,12,14H2,1-2H3,(H,30,38)(H,31,32,39). The Bertz CT molecular complexity index is 1800. The van der Waals surface area contributed by atoms with Crippen molar-refractivity contribution in [1.82, 2.24) is 29.5 Å². The highest BCUT2D eigenvalue weighted by Crippen LogP contribution is 2.27. The number of aromatic nitrogens is 6. The van der Waals surface area contributed by atoms with Gasteiger partial charge < -0.3 is 10.2 Å². The zero-order valence-electron chi connectivity index (χ0n) is 21.1. The van der Waals surface area contributed by atoms with E-state index in [2.05, 4.69) is 25.5 Å². The molecule has 6 rings (SSSR count). The van der Waals surface area contributed by atoms with Crippen molar-refractivity contribution in [2.75, 3.05) is 16.8 Å². The lowest BCUT2D eigenvalue weighted by molar-refractivity contribution is -0.122. The third-order valence-corrected chi connectivity index (χ3v) is 6.84. The fourth-order valence-electron chi connectivity index (χ4n) is 4.69. The average Bonchev–Trinajstić information content (AvgIpc) is 3.61. The van der Waals surface area contributed by atoms with Crippen LogP contribution >= 0.6 is 11.6 Å². The van der Waals surface area contributed by atoms with Crippen LogP contribution in [-0.4, -0.2) is 47.9 Å². The highest BCUT2D eigenvalue weighted by atomic mass is 35.5. The van der Waals surface area contributed by atoms with E-state index in [0.717, 1.165) is 11.3 Å². The van der Waals surface area contributed by atoms with Gasteiger partial charge >= 0.3 is 0 Å². The molecule has 4 heterocycles. The molecule has 1 fully saturated rings. The Morgan fingerprint density at radius 1 is 1.05 bits per heavy atom.